The lowest BCUT2D eigenvalue weighted by Crippen LogP contribution is -2.38. The van der Waals surface area contributed by atoms with Gasteiger partial charge in [-0.05, 0) is 30.5 Å². The van der Waals surface area contributed by atoms with Crippen LogP contribution in [0.15, 0.2) is 33.9 Å². The predicted molar refractivity (Wildman–Crippen MR) is 123 cm³/mol. The number of aromatic nitrogens is 4. The van der Waals surface area contributed by atoms with Gasteiger partial charge in [0.1, 0.15) is 18.5 Å². The molecule has 32 heavy (non-hydrogen) atoms. The maximum absolute atomic E-state index is 12.9. The van der Waals surface area contributed by atoms with E-state index in [1.54, 1.807) is 18.7 Å². The van der Waals surface area contributed by atoms with Crippen LogP contribution >= 0.6 is 0 Å². The number of methoxy groups -OCH3 is 1. The van der Waals surface area contributed by atoms with Crippen LogP contribution in [-0.4, -0.2) is 56.8 Å². The molecule has 0 aliphatic rings. The molecule has 3 rings (SSSR count). The van der Waals surface area contributed by atoms with E-state index in [0.29, 0.717) is 24.8 Å². The van der Waals surface area contributed by atoms with E-state index in [9.17, 15) is 14.7 Å². The first kappa shape index (κ1) is 23.6. The molecule has 2 aromatic heterocycles. The van der Waals surface area contributed by atoms with E-state index in [4.69, 9.17) is 9.47 Å². The van der Waals surface area contributed by atoms with Gasteiger partial charge in [-0.1, -0.05) is 19.1 Å². The molecule has 0 spiro atoms. The Morgan fingerprint density at radius 2 is 2.00 bits per heavy atom. The third-order valence-electron chi connectivity index (χ3n) is 5.30. The fraction of sp³-hybridized carbons (Fsp3) is 0.500. The summed E-state index contributed by atoms with van der Waals surface area (Å²) in [6.45, 7) is 3.31. The average Bonchev–Trinajstić information content (AvgIpc) is 3.16. The van der Waals surface area contributed by atoms with Crippen molar-refractivity contribution in [3.05, 3.63) is 50.7 Å². The Morgan fingerprint density at radius 1 is 1.22 bits per heavy atom. The third kappa shape index (κ3) is 5.03. The van der Waals surface area contributed by atoms with Crippen molar-refractivity contribution >= 4 is 17.1 Å². The monoisotopic (exact) mass is 445 g/mol. The molecule has 0 bridgehead atoms. The fourth-order valence-corrected chi connectivity index (χ4v) is 3.49. The summed E-state index contributed by atoms with van der Waals surface area (Å²) in [5.74, 6) is 1.08. The van der Waals surface area contributed by atoms with Gasteiger partial charge in [-0.3, -0.25) is 13.9 Å². The lowest BCUT2D eigenvalue weighted by molar-refractivity contribution is 0.0937. The maximum atomic E-state index is 12.9. The zero-order valence-electron chi connectivity index (χ0n) is 19.0. The molecule has 2 N–H and O–H groups in total. The first-order valence-corrected chi connectivity index (χ1v) is 10.7. The standard InChI is InChI=1S/C22H31N5O5/c1-5-15-8-6-9-17(12-15)32-14-16(28)13-27-18-19(24-21(27)23-10-7-11-31-4)25(2)22(30)26(3)20(18)29/h6,8-9,12,16,28H,5,7,10-11,13-14H2,1-4H3,(H,23,24). The number of aliphatic hydroxyl groups is 1. The first-order chi connectivity index (χ1) is 15.4. The van der Waals surface area contributed by atoms with E-state index in [-0.39, 0.29) is 24.3 Å². The van der Waals surface area contributed by atoms with Crippen molar-refractivity contribution in [1.29, 1.82) is 0 Å². The number of rotatable bonds is 11. The number of hydrogen-bond acceptors (Lipinski definition) is 7. The minimum absolute atomic E-state index is 0.0437. The molecule has 174 valence electrons. The van der Waals surface area contributed by atoms with Crippen LogP contribution in [0.4, 0.5) is 5.95 Å². The van der Waals surface area contributed by atoms with Gasteiger partial charge in [0.25, 0.3) is 5.56 Å². The topological polar surface area (TPSA) is 113 Å². The van der Waals surface area contributed by atoms with Crippen LogP contribution in [-0.2, 0) is 31.8 Å². The van der Waals surface area contributed by atoms with Gasteiger partial charge in [-0.2, -0.15) is 4.98 Å². The van der Waals surface area contributed by atoms with Crippen molar-refractivity contribution in [3.8, 4) is 5.75 Å². The van der Waals surface area contributed by atoms with Crippen LogP contribution in [0.5, 0.6) is 5.75 Å². The predicted octanol–water partition coefficient (Wildman–Crippen LogP) is 0.884. The van der Waals surface area contributed by atoms with E-state index < -0.39 is 17.4 Å². The van der Waals surface area contributed by atoms with Crippen molar-refractivity contribution < 1.29 is 14.6 Å². The Balaban J connectivity index is 1.88. The van der Waals surface area contributed by atoms with E-state index in [0.717, 1.165) is 23.0 Å². The summed E-state index contributed by atoms with van der Waals surface area (Å²) in [5.41, 5.74) is 0.721. The molecule has 2 heterocycles. The van der Waals surface area contributed by atoms with Crippen molar-refractivity contribution in [1.82, 2.24) is 18.7 Å². The highest BCUT2D eigenvalue weighted by Gasteiger charge is 2.21. The average molecular weight is 446 g/mol. The molecule has 0 aliphatic heterocycles. The maximum Gasteiger partial charge on any atom is 0.332 e. The number of aliphatic hydroxyl groups excluding tert-OH is 1. The molecular weight excluding hydrogens is 414 g/mol. The Bertz CT molecular complexity index is 1180. The molecule has 0 radical (unpaired) electrons. The second kappa shape index (κ2) is 10.5. The highest BCUT2D eigenvalue weighted by molar-refractivity contribution is 5.74. The van der Waals surface area contributed by atoms with E-state index in [2.05, 4.69) is 17.2 Å². The summed E-state index contributed by atoms with van der Waals surface area (Å²) in [5, 5.41) is 13.9. The normalized spacial score (nSPS) is 12.3. The molecule has 10 nitrogen and oxygen atoms in total. The second-order valence-electron chi connectivity index (χ2n) is 7.66. The Hall–Kier alpha value is -3.11. The lowest BCUT2D eigenvalue weighted by Gasteiger charge is -2.16. The van der Waals surface area contributed by atoms with Crippen LogP contribution in [0.3, 0.4) is 0 Å². The lowest BCUT2D eigenvalue weighted by atomic mass is 10.2. The van der Waals surface area contributed by atoms with Gasteiger partial charge in [0.2, 0.25) is 5.95 Å². The van der Waals surface area contributed by atoms with Crippen molar-refractivity contribution in [2.45, 2.75) is 32.4 Å². The number of nitrogens with zero attached hydrogens (tertiary/aromatic N) is 4. The third-order valence-corrected chi connectivity index (χ3v) is 5.30. The van der Waals surface area contributed by atoms with Gasteiger partial charge in [-0.25, -0.2) is 4.79 Å². The zero-order valence-corrected chi connectivity index (χ0v) is 19.0. The number of ether oxygens (including phenoxy) is 2. The molecule has 0 fully saturated rings. The van der Waals surface area contributed by atoms with Crippen LogP contribution in [0.1, 0.15) is 18.9 Å². The van der Waals surface area contributed by atoms with Crippen LogP contribution in [0, 0.1) is 0 Å². The second-order valence-corrected chi connectivity index (χ2v) is 7.66. The van der Waals surface area contributed by atoms with Crippen molar-refractivity contribution in [2.75, 3.05) is 32.2 Å². The summed E-state index contributed by atoms with van der Waals surface area (Å²) >= 11 is 0. The fourth-order valence-electron chi connectivity index (χ4n) is 3.49. The SMILES string of the molecule is CCc1cccc(OCC(O)Cn2c(NCCCOC)nc3c2c(=O)n(C)c(=O)n3C)c1. The van der Waals surface area contributed by atoms with Crippen LogP contribution < -0.4 is 21.3 Å². The Kier molecular flexibility index (Phi) is 7.70. The number of anilines is 1. The summed E-state index contributed by atoms with van der Waals surface area (Å²) in [6.07, 6.45) is 0.718. The number of imidazole rings is 1. The number of hydrogen-bond donors (Lipinski definition) is 2. The minimum Gasteiger partial charge on any atom is -0.491 e. The molecule has 0 amide bonds. The molecule has 1 aromatic carbocycles. The first-order valence-electron chi connectivity index (χ1n) is 10.7. The van der Waals surface area contributed by atoms with Gasteiger partial charge in [0.05, 0.1) is 6.54 Å². The van der Waals surface area contributed by atoms with Crippen molar-refractivity contribution in [2.24, 2.45) is 14.1 Å². The quantitative estimate of drug-likeness (QED) is 0.422. The summed E-state index contributed by atoms with van der Waals surface area (Å²) in [4.78, 5) is 29.7. The Morgan fingerprint density at radius 3 is 2.72 bits per heavy atom. The van der Waals surface area contributed by atoms with Gasteiger partial charge in [-0.15, -0.1) is 0 Å². The number of fused-ring (bicyclic) bond motifs is 1. The highest BCUT2D eigenvalue weighted by Crippen LogP contribution is 2.18. The van der Waals surface area contributed by atoms with Crippen LogP contribution in [0.25, 0.3) is 11.2 Å². The molecule has 3 aromatic rings. The van der Waals surface area contributed by atoms with E-state index >= 15 is 0 Å². The molecule has 10 heteroatoms. The van der Waals surface area contributed by atoms with Gasteiger partial charge in [0, 0.05) is 34.4 Å². The van der Waals surface area contributed by atoms with E-state index in [1.165, 1.54) is 11.6 Å². The molecule has 1 unspecified atom stereocenters. The van der Waals surface area contributed by atoms with Gasteiger partial charge >= 0.3 is 5.69 Å². The summed E-state index contributed by atoms with van der Waals surface area (Å²) in [6, 6.07) is 7.71. The zero-order chi connectivity index (χ0) is 23.3. The molecule has 0 saturated carbocycles. The van der Waals surface area contributed by atoms with Gasteiger partial charge < -0.3 is 24.5 Å². The van der Waals surface area contributed by atoms with E-state index in [1.807, 2.05) is 24.3 Å². The number of aryl methyl sites for hydroxylation is 2. The number of benzene rings is 1. The Labute approximate surface area is 186 Å². The smallest absolute Gasteiger partial charge is 0.332 e. The molecular formula is C22H31N5O5. The van der Waals surface area contributed by atoms with Gasteiger partial charge in [0.15, 0.2) is 11.2 Å². The molecule has 1 atom stereocenters. The highest BCUT2D eigenvalue weighted by atomic mass is 16.5. The minimum atomic E-state index is -0.904. The van der Waals surface area contributed by atoms with Crippen molar-refractivity contribution in [3.63, 3.8) is 0 Å². The molecule has 0 saturated heterocycles. The summed E-state index contributed by atoms with van der Waals surface area (Å²) < 4.78 is 14.8. The number of nitrogens with one attached hydrogen (secondary N) is 1. The summed E-state index contributed by atoms with van der Waals surface area (Å²) in [7, 11) is 4.62. The largest absolute Gasteiger partial charge is 0.491 e. The molecule has 0 aliphatic carbocycles. The van der Waals surface area contributed by atoms with Crippen LogP contribution in [0.2, 0.25) is 0 Å².